The van der Waals surface area contributed by atoms with Crippen LogP contribution in [0, 0.1) is 0 Å². The molecule has 2 amide bonds. The number of fused-ring (bicyclic) bond motifs is 1. The molecule has 2 aliphatic heterocycles. The Labute approximate surface area is 288 Å². The molecule has 2 atom stereocenters. The summed E-state index contributed by atoms with van der Waals surface area (Å²) in [6, 6.07) is 23.6. The van der Waals surface area contributed by atoms with E-state index in [-0.39, 0.29) is 40.2 Å². The van der Waals surface area contributed by atoms with Crippen molar-refractivity contribution >= 4 is 63.4 Å². The van der Waals surface area contributed by atoms with E-state index in [4.69, 9.17) is 25.8 Å². The van der Waals surface area contributed by atoms with Crippen molar-refractivity contribution in [2.75, 3.05) is 30.9 Å². The Kier molecular flexibility index (Phi) is 9.92. The average Bonchev–Trinajstić information content (AvgIpc) is 3.56. The second kappa shape index (κ2) is 14.6. The second-order valence-electron chi connectivity index (χ2n) is 10.8. The van der Waals surface area contributed by atoms with Crippen LogP contribution in [0.25, 0.3) is 0 Å². The largest absolute Gasteiger partial charge is 0.457 e. The van der Waals surface area contributed by atoms with Gasteiger partial charge in [-0.1, -0.05) is 65.8 Å². The predicted octanol–water partition coefficient (Wildman–Crippen LogP) is 3.50. The van der Waals surface area contributed by atoms with E-state index >= 15 is 0 Å². The van der Waals surface area contributed by atoms with Gasteiger partial charge in [0.25, 0.3) is 11.8 Å². The maximum absolute atomic E-state index is 14.2. The van der Waals surface area contributed by atoms with Crippen LogP contribution >= 0.6 is 23.1 Å². The maximum atomic E-state index is 14.2. The number of carbonyl (C=O) groups excluding carboxylic acids is 4. The fourth-order valence-corrected chi connectivity index (χ4v) is 7.16. The molecule has 5 N–H and O–H groups in total. The standard InChI is InChI=1S/C34H30N6O7S2/c1-45-39-25(24-18-49-34(36)37-24)29(41)38-26-30(42)40-27(22(17-48-31(26)40)16-46-32(43)21-12-14-23(35)15-13-21)33(44)47-28(19-8-4-2-5-9-19)20-10-6-3-7-11-20/h2-15,18,26,28,31H,16-17,35H2,1H3,(H2,36,37)(H,38,41)/t26?,31-/m0/s1. The van der Waals surface area contributed by atoms with Crippen LogP contribution in [-0.2, 0) is 28.7 Å². The van der Waals surface area contributed by atoms with Crippen LogP contribution in [0.1, 0.15) is 33.3 Å². The zero-order chi connectivity index (χ0) is 34.5. The summed E-state index contributed by atoms with van der Waals surface area (Å²) in [4.78, 5) is 64.3. The lowest BCUT2D eigenvalue weighted by molar-refractivity contribution is -0.154. The number of thiazole rings is 1. The molecule has 13 nitrogen and oxygen atoms in total. The summed E-state index contributed by atoms with van der Waals surface area (Å²) in [5.41, 5.74) is 14.0. The third kappa shape index (κ3) is 7.12. The summed E-state index contributed by atoms with van der Waals surface area (Å²) in [5.74, 6) is -2.50. The number of β-lactam (4-membered cyclic amide) rings is 1. The number of ether oxygens (including phenoxy) is 2. The van der Waals surface area contributed by atoms with Crippen molar-refractivity contribution in [2.45, 2.75) is 17.5 Å². The van der Waals surface area contributed by atoms with Gasteiger partial charge in [0.15, 0.2) is 16.9 Å². The van der Waals surface area contributed by atoms with Gasteiger partial charge in [0.1, 0.15) is 36.5 Å². The van der Waals surface area contributed by atoms with E-state index < -0.39 is 41.3 Å². The Morgan fingerprint density at radius 2 is 1.63 bits per heavy atom. The predicted molar refractivity (Wildman–Crippen MR) is 184 cm³/mol. The number of anilines is 2. The first-order valence-corrected chi connectivity index (χ1v) is 16.8. The number of nitrogens with zero attached hydrogens (tertiary/aromatic N) is 3. The first-order valence-electron chi connectivity index (χ1n) is 14.9. The van der Waals surface area contributed by atoms with E-state index in [1.54, 1.807) is 17.5 Å². The van der Waals surface area contributed by atoms with Crippen molar-refractivity contribution in [3.05, 3.63) is 124 Å². The van der Waals surface area contributed by atoms with E-state index in [0.717, 1.165) is 11.3 Å². The quantitative estimate of drug-likeness (QED) is 0.0684. The molecule has 0 radical (unpaired) electrons. The number of hydrogen-bond acceptors (Lipinski definition) is 13. The van der Waals surface area contributed by atoms with Crippen LogP contribution in [0.15, 0.2) is 107 Å². The minimum Gasteiger partial charge on any atom is -0.457 e. The molecule has 3 heterocycles. The molecule has 1 saturated heterocycles. The van der Waals surface area contributed by atoms with Gasteiger partial charge >= 0.3 is 11.9 Å². The minimum absolute atomic E-state index is 0.0562. The van der Waals surface area contributed by atoms with Gasteiger partial charge < -0.3 is 31.1 Å². The first kappa shape index (κ1) is 33.2. The summed E-state index contributed by atoms with van der Waals surface area (Å²) in [7, 11) is 1.28. The van der Waals surface area contributed by atoms with Crippen molar-refractivity contribution in [1.29, 1.82) is 0 Å². The lowest BCUT2D eigenvalue weighted by Crippen LogP contribution is -2.71. The lowest BCUT2D eigenvalue weighted by atomic mass is 10.0. The summed E-state index contributed by atoms with van der Waals surface area (Å²) in [6.07, 6.45) is -0.806. The van der Waals surface area contributed by atoms with Crippen LogP contribution in [0.5, 0.6) is 0 Å². The number of hydrogen-bond donors (Lipinski definition) is 3. The number of aromatic nitrogens is 1. The smallest absolute Gasteiger partial charge is 0.356 e. The van der Waals surface area contributed by atoms with Crippen LogP contribution in [0.2, 0.25) is 0 Å². The van der Waals surface area contributed by atoms with Crippen molar-refractivity contribution in [3.63, 3.8) is 0 Å². The Morgan fingerprint density at radius 1 is 0.980 bits per heavy atom. The van der Waals surface area contributed by atoms with Crippen LogP contribution in [0.4, 0.5) is 10.8 Å². The molecule has 1 unspecified atom stereocenters. The highest BCUT2D eigenvalue weighted by Gasteiger charge is 2.55. The minimum atomic E-state index is -1.02. The molecule has 6 rings (SSSR count). The van der Waals surface area contributed by atoms with Crippen LogP contribution in [0.3, 0.4) is 0 Å². The lowest BCUT2D eigenvalue weighted by Gasteiger charge is -2.49. The normalized spacial score (nSPS) is 17.2. The summed E-state index contributed by atoms with van der Waals surface area (Å²) >= 11 is 2.41. The molecular weight excluding hydrogens is 669 g/mol. The Balaban J connectivity index is 1.28. The number of thioether (sulfide) groups is 1. The number of benzene rings is 3. The van der Waals surface area contributed by atoms with E-state index in [0.29, 0.717) is 22.4 Å². The third-order valence-corrected chi connectivity index (χ3v) is 9.66. The molecule has 0 bridgehead atoms. The highest BCUT2D eigenvalue weighted by molar-refractivity contribution is 8.00. The van der Waals surface area contributed by atoms with E-state index in [9.17, 15) is 19.2 Å². The van der Waals surface area contributed by atoms with Crippen molar-refractivity contribution in [1.82, 2.24) is 15.2 Å². The molecule has 4 aromatic rings. The van der Waals surface area contributed by atoms with Gasteiger partial charge in [-0.2, -0.15) is 0 Å². The van der Waals surface area contributed by atoms with Gasteiger partial charge in [0.05, 0.1) is 5.56 Å². The molecule has 2 aliphatic rings. The van der Waals surface area contributed by atoms with Gasteiger partial charge in [-0.05, 0) is 35.4 Å². The molecule has 0 aliphatic carbocycles. The summed E-state index contributed by atoms with van der Waals surface area (Å²) < 4.78 is 11.7. The fraction of sp³-hybridized carbons (Fsp3) is 0.176. The molecule has 3 aromatic carbocycles. The Morgan fingerprint density at radius 3 is 2.22 bits per heavy atom. The van der Waals surface area contributed by atoms with Gasteiger partial charge in [0.2, 0.25) is 0 Å². The Hall–Kier alpha value is -5.67. The zero-order valence-corrected chi connectivity index (χ0v) is 27.6. The number of esters is 2. The number of amides is 2. The van der Waals surface area contributed by atoms with E-state index in [1.807, 2.05) is 60.7 Å². The third-order valence-electron chi connectivity index (χ3n) is 7.64. The summed E-state index contributed by atoms with van der Waals surface area (Å²) in [6.45, 7) is -0.286. The highest BCUT2D eigenvalue weighted by atomic mass is 32.2. The van der Waals surface area contributed by atoms with E-state index in [2.05, 4.69) is 15.5 Å². The fourth-order valence-electron chi connectivity index (χ4n) is 5.29. The second-order valence-corrected chi connectivity index (χ2v) is 12.8. The molecule has 250 valence electrons. The molecule has 0 saturated carbocycles. The number of oxime groups is 1. The van der Waals surface area contributed by atoms with Crippen LogP contribution in [-0.4, -0.2) is 70.2 Å². The van der Waals surface area contributed by atoms with Gasteiger partial charge in [-0.25, -0.2) is 14.6 Å². The highest BCUT2D eigenvalue weighted by Crippen LogP contribution is 2.42. The van der Waals surface area contributed by atoms with Gasteiger partial charge in [-0.15, -0.1) is 23.1 Å². The molecule has 1 aromatic heterocycles. The zero-order valence-electron chi connectivity index (χ0n) is 26.0. The SMILES string of the molecule is CON=C(C(=O)NC1C(=O)N2C(C(=O)OC(c3ccccc3)c3ccccc3)=C(COC(=O)c3ccc(N)cc3)CS[C@@H]12)c1csc(N)n1. The average molecular weight is 699 g/mol. The van der Waals surface area contributed by atoms with Crippen molar-refractivity contribution < 1.29 is 33.5 Å². The number of carbonyl (C=O) groups is 4. The van der Waals surface area contributed by atoms with Gasteiger partial charge in [0, 0.05) is 22.4 Å². The Bertz CT molecular complexity index is 1890. The van der Waals surface area contributed by atoms with Gasteiger partial charge in [-0.3, -0.25) is 14.5 Å². The number of nitrogens with one attached hydrogen (secondary N) is 1. The first-order chi connectivity index (χ1) is 23.7. The monoisotopic (exact) mass is 698 g/mol. The van der Waals surface area contributed by atoms with E-state index in [1.165, 1.54) is 35.9 Å². The molecule has 0 spiro atoms. The van der Waals surface area contributed by atoms with Crippen LogP contribution < -0.4 is 16.8 Å². The number of nitrogens with two attached hydrogens (primary N) is 2. The number of rotatable bonds is 11. The molecule has 49 heavy (non-hydrogen) atoms. The molecule has 1 fully saturated rings. The molecule has 15 heteroatoms. The number of nitrogen functional groups attached to an aromatic ring is 2. The maximum Gasteiger partial charge on any atom is 0.356 e. The van der Waals surface area contributed by atoms with Crippen molar-refractivity contribution in [2.24, 2.45) is 5.16 Å². The van der Waals surface area contributed by atoms with Crippen molar-refractivity contribution in [3.8, 4) is 0 Å². The topological polar surface area (TPSA) is 189 Å². The molecular formula is C34H30N6O7S2. The summed E-state index contributed by atoms with van der Waals surface area (Å²) in [5, 5.41) is 7.57.